The van der Waals surface area contributed by atoms with Gasteiger partial charge in [-0.05, 0) is 61.6 Å². The SMILES string of the molecule is CC(=NOCC(=O)N(Cc1ccc(Br)cc1)c1ccccc1C(=O)N1CCCCC1)c1ccccc1. The Balaban J connectivity index is 1.59. The number of piperidine rings is 1. The van der Waals surface area contributed by atoms with Crippen LogP contribution in [0.25, 0.3) is 0 Å². The molecule has 0 aliphatic carbocycles. The van der Waals surface area contributed by atoms with Crippen LogP contribution in [-0.4, -0.2) is 42.1 Å². The van der Waals surface area contributed by atoms with Gasteiger partial charge in [-0.1, -0.05) is 75.7 Å². The average Bonchev–Trinajstić information content (AvgIpc) is 2.93. The second kappa shape index (κ2) is 12.5. The number of para-hydroxylation sites is 1. The number of benzene rings is 3. The Hall–Kier alpha value is -3.45. The molecule has 36 heavy (non-hydrogen) atoms. The highest BCUT2D eigenvalue weighted by Crippen LogP contribution is 2.26. The molecule has 0 aromatic heterocycles. The molecule has 1 aliphatic heterocycles. The predicted molar refractivity (Wildman–Crippen MR) is 146 cm³/mol. The fourth-order valence-electron chi connectivity index (χ4n) is 4.23. The summed E-state index contributed by atoms with van der Waals surface area (Å²) < 4.78 is 0.957. The molecule has 0 radical (unpaired) electrons. The van der Waals surface area contributed by atoms with Crippen molar-refractivity contribution in [3.63, 3.8) is 0 Å². The first-order chi connectivity index (χ1) is 17.5. The van der Waals surface area contributed by atoms with E-state index in [4.69, 9.17) is 4.84 Å². The lowest BCUT2D eigenvalue weighted by molar-refractivity contribution is -0.123. The van der Waals surface area contributed by atoms with Crippen LogP contribution in [0.4, 0.5) is 5.69 Å². The molecule has 3 aromatic carbocycles. The fourth-order valence-corrected chi connectivity index (χ4v) is 4.50. The molecule has 1 heterocycles. The first kappa shape index (κ1) is 25.6. The molecule has 2 amide bonds. The van der Waals surface area contributed by atoms with Gasteiger partial charge in [0.1, 0.15) is 0 Å². The molecule has 0 atom stereocenters. The standard InChI is InChI=1S/C29H30BrN3O3/c1-22(24-10-4-2-5-11-24)31-36-21-28(34)33(20-23-14-16-25(30)17-15-23)27-13-7-6-12-26(27)29(35)32-18-8-3-9-19-32/h2,4-7,10-17H,3,8-9,18-21H2,1H3. The van der Waals surface area contributed by atoms with E-state index in [-0.39, 0.29) is 18.4 Å². The van der Waals surface area contributed by atoms with E-state index in [0.717, 1.165) is 48.0 Å². The van der Waals surface area contributed by atoms with E-state index in [9.17, 15) is 9.59 Å². The summed E-state index contributed by atoms with van der Waals surface area (Å²) in [6.07, 6.45) is 3.14. The van der Waals surface area contributed by atoms with Gasteiger partial charge in [-0.25, -0.2) is 0 Å². The van der Waals surface area contributed by atoms with Crippen molar-refractivity contribution in [2.24, 2.45) is 5.16 Å². The first-order valence-corrected chi connectivity index (χ1v) is 13.0. The van der Waals surface area contributed by atoms with Crippen molar-refractivity contribution in [1.82, 2.24) is 4.90 Å². The van der Waals surface area contributed by atoms with Gasteiger partial charge < -0.3 is 14.6 Å². The Morgan fingerprint density at radius 3 is 2.31 bits per heavy atom. The molecule has 0 unspecified atom stereocenters. The number of nitrogens with zero attached hydrogens (tertiary/aromatic N) is 3. The second-order valence-electron chi connectivity index (χ2n) is 8.79. The molecular weight excluding hydrogens is 518 g/mol. The van der Waals surface area contributed by atoms with E-state index < -0.39 is 0 Å². The van der Waals surface area contributed by atoms with E-state index in [1.807, 2.05) is 84.6 Å². The van der Waals surface area contributed by atoms with Crippen LogP contribution in [0.15, 0.2) is 88.5 Å². The minimum atomic E-state index is -0.276. The van der Waals surface area contributed by atoms with E-state index in [2.05, 4.69) is 21.1 Å². The molecule has 0 spiro atoms. The number of anilines is 1. The van der Waals surface area contributed by atoms with Crippen LogP contribution in [0.1, 0.15) is 47.7 Å². The van der Waals surface area contributed by atoms with Gasteiger partial charge in [0.15, 0.2) is 6.61 Å². The number of likely N-dealkylation sites (tertiary alicyclic amines) is 1. The van der Waals surface area contributed by atoms with Crippen molar-refractivity contribution in [3.05, 3.63) is 100 Å². The minimum Gasteiger partial charge on any atom is -0.385 e. The number of rotatable bonds is 8. The van der Waals surface area contributed by atoms with Crippen LogP contribution in [0.2, 0.25) is 0 Å². The van der Waals surface area contributed by atoms with Crippen LogP contribution >= 0.6 is 15.9 Å². The lowest BCUT2D eigenvalue weighted by atomic mass is 10.1. The van der Waals surface area contributed by atoms with Gasteiger partial charge in [-0.2, -0.15) is 0 Å². The third kappa shape index (κ3) is 6.61. The van der Waals surface area contributed by atoms with Gasteiger partial charge in [-0.3, -0.25) is 9.59 Å². The van der Waals surface area contributed by atoms with Crippen molar-refractivity contribution in [1.29, 1.82) is 0 Å². The van der Waals surface area contributed by atoms with Gasteiger partial charge in [-0.15, -0.1) is 0 Å². The first-order valence-electron chi connectivity index (χ1n) is 12.2. The number of carbonyl (C=O) groups excluding carboxylic acids is 2. The smallest absolute Gasteiger partial charge is 0.268 e. The molecule has 1 saturated heterocycles. The van der Waals surface area contributed by atoms with Crippen molar-refractivity contribution in [2.75, 3.05) is 24.6 Å². The lowest BCUT2D eigenvalue weighted by Crippen LogP contribution is -2.38. The Morgan fingerprint density at radius 1 is 0.917 bits per heavy atom. The molecule has 0 bridgehead atoms. The molecule has 0 saturated carbocycles. The topological polar surface area (TPSA) is 62.2 Å². The zero-order valence-corrected chi connectivity index (χ0v) is 22.0. The molecule has 1 fully saturated rings. The highest BCUT2D eigenvalue weighted by atomic mass is 79.9. The molecular formula is C29H30BrN3O3. The summed E-state index contributed by atoms with van der Waals surface area (Å²) in [6, 6.07) is 24.8. The summed E-state index contributed by atoms with van der Waals surface area (Å²) in [5.74, 6) is -0.320. The van der Waals surface area contributed by atoms with Crippen LogP contribution < -0.4 is 4.90 Å². The summed E-state index contributed by atoms with van der Waals surface area (Å²) in [7, 11) is 0. The van der Waals surface area contributed by atoms with Crippen molar-refractivity contribution < 1.29 is 14.4 Å². The minimum absolute atomic E-state index is 0.0437. The van der Waals surface area contributed by atoms with E-state index in [1.165, 1.54) is 0 Å². The number of halogens is 1. The van der Waals surface area contributed by atoms with E-state index in [0.29, 0.717) is 23.5 Å². The number of amides is 2. The maximum absolute atomic E-state index is 13.5. The molecule has 6 nitrogen and oxygen atoms in total. The Kier molecular flexibility index (Phi) is 8.90. The fraction of sp³-hybridized carbons (Fsp3) is 0.276. The Morgan fingerprint density at radius 2 is 1.58 bits per heavy atom. The van der Waals surface area contributed by atoms with Crippen LogP contribution in [-0.2, 0) is 16.2 Å². The molecule has 0 N–H and O–H groups in total. The molecule has 3 aromatic rings. The summed E-state index contributed by atoms with van der Waals surface area (Å²) in [6.45, 7) is 3.38. The zero-order chi connectivity index (χ0) is 25.3. The highest BCUT2D eigenvalue weighted by molar-refractivity contribution is 9.10. The second-order valence-corrected chi connectivity index (χ2v) is 9.71. The predicted octanol–water partition coefficient (Wildman–Crippen LogP) is 6.05. The quantitative estimate of drug-likeness (QED) is 0.254. The summed E-state index contributed by atoms with van der Waals surface area (Å²) in [4.78, 5) is 35.9. The molecule has 1 aliphatic rings. The monoisotopic (exact) mass is 547 g/mol. The summed E-state index contributed by atoms with van der Waals surface area (Å²) >= 11 is 3.46. The van der Waals surface area contributed by atoms with Crippen molar-refractivity contribution in [2.45, 2.75) is 32.7 Å². The normalized spacial score (nSPS) is 13.8. The van der Waals surface area contributed by atoms with Crippen LogP contribution in [0, 0.1) is 0 Å². The van der Waals surface area contributed by atoms with Crippen LogP contribution in [0.5, 0.6) is 0 Å². The third-order valence-corrected chi connectivity index (χ3v) is 6.73. The van der Waals surface area contributed by atoms with Gasteiger partial charge in [0, 0.05) is 17.6 Å². The average molecular weight is 548 g/mol. The van der Waals surface area contributed by atoms with E-state index >= 15 is 0 Å². The maximum atomic E-state index is 13.5. The third-order valence-electron chi connectivity index (χ3n) is 6.20. The number of carbonyl (C=O) groups is 2. The molecule has 186 valence electrons. The highest BCUT2D eigenvalue weighted by Gasteiger charge is 2.26. The summed E-state index contributed by atoms with van der Waals surface area (Å²) in [5.41, 5.74) is 3.65. The van der Waals surface area contributed by atoms with Gasteiger partial charge in [0.05, 0.1) is 23.5 Å². The summed E-state index contributed by atoms with van der Waals surface area (Å²) in [5, 5.41) is 4.15. The Bertz CT molecular complexity index is 1210. The van der Waals surface area contributed by atoms with Gasteiger partial charge in [0.2, 0.25) is 0 Å². The number of hydrogen-bond donors (Lipinski definition) is 0. The number of hydrogen-bond acceptors (Lipinski definition) is 4. The molecule has 7 heteroatoms. The lowest BCUT2D eigenvalue weighted by Gasteiger charge is -2.30. The molecule has 4 rings (SSSR count). The maximum Gasteiger partial charge on any atom is 0.268 e. The van der Waals surface area contributed by atoms with Crippen LogP contribution in [0.3, 0.4) is 0 Å². The van der Waals surface area contributed by atoms with E-state index in [1.54, 1.807) is 11.0 Å². The van der Waals surface area contributed by atoms with Gasteiger partial charge >= 0.3 is 0 Å². The van der Waals surface area contributed by atoms with Crippen molar-refractivity contribution >= 4 is 39.1 Å². The largest absolute Gasteiger partial charge is 0.385 e. The number of oxime groups is 1. The zero-order valence-electron chi connectivity index (χ0n) is 20.4. The van der Waals surface area contributed by atoms with Crippen molar-refractivity contribution in [3.8, 4) is 0 Å². The van der Waals surface area contributed by atoms with Gasteiger partial charge in [0.25, 0.3) is 11.8 Å². The Labute approximate surface area is 220 Å².